The van der Waals surface area contributed by atoms with Crippen LogP contribution >= 0.6 is 23.2 Å². The Morgan fingerprint density at radius 3 is 2.33 bits per heavy atom. The van der Waals surface area contributed by atoms with E-state index < -0.39 is 5.97 Å². The molecule has 0 aliphatic carbocycles. The van der Waals surface area contributed by atoms with E-state index in [1.54, 1.807) is 25.2 Å². The summed E-state index contributed by atoms with van der Waals surface area (Å²) in [5, 5.41) is 9.10. The van der Waals surface area contributed by atoms with Gasteiger partial charge >= 0.3 is 5.97 Å². The Balaban J connectivity index is 2.72. The molecule has 0 spiro atoms. The Kier molecular flexibility index (Phi) is 5.44. The molecule has 1 aromatic rings. The van der Waals surface area contributed by atoms with E-state index in [1.807, 2.05) is 0 Å². The zero-order valence-electron chi connectivity index (χ0n) is 9.82. The highest BCUT2D eigenvalue weighted by Crippen LogP contribution is 2.25. The Hall–Kier alpha value is -1.26. The van der Waals surface area contributed by atoms with E-state index in [9.17, 15) is 9.59 Å². The molecule has 0 radical (unpaired) electrons. The molecule has 0 bridgehead atoms. The van der Waals surface area contributed by atoms with Gasteiger partial charge in [0.15, 0.2) is 0 Å². The van der Waals surface area contributed by atoms with Crippen LogP contribution in [0.1, 0.15) is 23.2 Å². The second-order valence-corrected chi connectivity index (χ2v) is 4.64. The van der Waals surface area contributed by atoms with E-state index >= 15 is 0 Å². The van der Waals surface area contributed by atoms with Crippen LogP contribution < -0.4 is 0 Å². The first-order valence-corrected chi connectivity index (χ1v) is 6.10. The van der Waals surface area contributed by atoms with E-state index in [0.29, 0.717) is 13.0 Å². The standard InChI is InChI=1S/C12H13Cl2NO3/c1-15(7-3-6-10(16)17)12(18)11-8(13)4-2-5-9(11)14/h2,4-5H,3,6-7H2,1H3,(H,16,17). The van der Waals surface area contributed by atoms with Crippen LogP contribution in [-0.2, 0) is 4.79 Å². The fourth-order valence-corrected chi connectivity index (χ4v) is 2.02. The Bertz CT molecular complexity index is 442. The van der Waals surface area contributed by atoms with E-state index in [2.05, 4.69) is 0 Å². The van der Waals surface area contributed by atoms with E-state index in [1.165, 1.54) is 4.90 Å². The maximum Gasteiger partial charge on any atom is 0.303 e. The Morgan fingerprint density at radius 2 is 1.83 bits per heavy atom. The van der Waals surface area contributed by atoms with Crippen LogP contribution in [0.4, 0.5) is 0 Å². The minimum Gasteiger partial charge on any atom is -0.481 e. The van der Waals surface area contributed by atoms with Gasteiger partial charge in [-0.15, -0.1) is 0 Å². The molecule has 0 atom stereocenters. The van der Waals surface area contributed by atoms with Gasteiger partial charge in [-0.3, -0.25) is 9.59 Å². The fourth-order valence-electron chi connectivity index (χ4n) is 1.46. The van der Waals surface area contributed by atoms with Gasteiger partial charge in [-0.05, 0) is 18.6 Å². The molecular weight excluding hydrogens is 277 g/mol. The van der Waals surface area contributed by atoms with Crippen LogP contribution in [0.15, 0.2) is 18.2 Å². The molecule has 0 aliphatic rings. The molecule has 1 amide bonds. The first-order valence-electron chi connectivity index (χ1n) is 5.34. The Labute approximate surface area is 115 Å². The Morgan fingerprint density at radius 1 is 1.28 bits per heavy atom. The molecule has 0 fully saturated rings. The van der Waals surface area contributed by atoms with Crippen molar-refractivity contribution < 1.29 is 14.7 Å². The van der Waals surface area contributed by atoms with Crippen LogP contribution in [0, 0.1) is 0 Å². The average molecular weight is 290 g/mol. The van der Waals surface area contributed by atoms with Crippen LogP contribution in [0.5, 0.6) is 0 Å². The summed E-state index contributed by atoms with van der Waals surface area (Å²) < 4.78 is 0. The van der Waals surface area contributed by atoms with E-state index in [4.69, 9.17) is 28.3 Å². The van der Waals surface area contributed by atoms with Crippen LogP contribution in [0.3, 0.4) is 0 Å². The van der Waals surface area contributed by atoms with E-state index in [-0.39, 0.29) is 27.9 Å². The second-order valence-electron chi connectivity index (χ2n) is 3.82. The number of hydrogen-bond acceptors (Lipinski definition) is 2. The van der Waals surface area contributed by atoms with Gasteiger partial charge in [-0.25, -0.2) is 0 Å². The molecule has 0 saturated carbocycles. The lowest BCUT2D eigenvalue weighted by Crippen LogP contribution is -2.28. The maximum atomic E-state index is 12.1. The summed E-state index contributed by atoms with van der Waals surface area (Å²) in [7, 11) is 1.59. The molecule has 0 heterocycles. The molecule has 1 aromatic carbocycles. The number of benzene rings is 1. The van der Waals surface area contributed by atoms with Crippen molar-refractivity contribution in [1.82, 2.24) is 4.90 Å². The molecule has 98 valence electrons. The number of carboxylic acid groups (broad SMARTS) is 1. The molecule has 1 rings (SSSR count). The molecule has 18 heavy (non-hydrogen) atoms. The smallest absolute Gasteiger partial charge is 0.303 e. The monoisotopic (exact) mass is 289 g/mol. The SMILES string of the molecule is CN(CCCC(=O)O)C(=O)c1c(Cl)cccc1Cl. The van der Waals surface area contributed by atoms with Crippen molar-refractivity contribution in [3.05, 3.63) is 33.8 Å². The number of amides is 1. The molecule has 0 aromatic heterocycles. The third-order valence-electron chi connectivity index (χ3n) is 2.41. The summed E-state index contributed by atoms with van der Waals surface area (Å²) in [5.41, 5.74) is 0.249. The number of carbonyl (C=O) groups excluding carboxylic acids is 1. The zero-order valence-corrected chi connectivity index (χ0v) is 11.3. The molecule has 0 saturated heterocycles. The summed E-state index contributed by atoms with van der Waals surface area (Å²) in [4.78, 5) is 23.9. The third-order valence-corrected chi connectivity index (χ3v) is 3.04. The predicted octanol–water partition coefficient (Wildman–Crippen LogP) is 2.93. The van der Waals surface area contributed by atoms with Crippen molar-refractivity contribution >= 4 is 35.1 Å². The van der Waals surface area contributed by atoms with Crippen LogP contribution in [-0.4, -0.2) is 35.5 Å². The van der Waals surface area contributed by atoms with Gasteiger partial charge in [-0.2, -0.15) is 0 Å². The highest BCUT2D eigenvalue weighted by molar-refractivity contribution is 6.39. The summed E-state index contributed by atoms with van der Waals surface area (Å²) in [6.45, 7) is 0.340. The van der Waals surface area contributed by atoms with Crippen molar-refractivity contribution in [2.75, 3.05) is 13.6 Å². The topological polar surface area (TPSA) is 57.6 Å². The maximum absolute atomic E-state index is 12.1. The first-order chi connectivity index (χ1) is 8.43. The number of rotatable bonds is 5. The van der Waals surface area contributed by atoms with Gasteiger partial charge in [0.25, 0.3) is 5.91 Å². The van der Waals surface area contributed by atoms with Crippen LogP contribution in [0.2, 0.25) is 10.0 Å². The summed E-state index contributed by atoms with van der Waals surface area (Å²) >= 11 is 11.9. The summed E-state index contributed by atoms with van der Waals surface area (Å²) in [6.07, 6.45) is 0.410. The third kappa shape index (κ3) is 3.89. The lowest BCUT2D eigenvalue weighted by atomic mass is 10.2. The van der Waals surface area contributed by atoms with Gasteiger partial charge in [0.2, 0.25) is 0 Å². The lowest BCUT2D eigenvalue weighted by Gasteiger charge is -2.18. The highest BCUT2D eigenvalue weighted by atomic mass is 35.5. The summed E-state index contributed by atoms with van der Waals surface area (Å²) in [5.74, 6) is -1.19. The number of aliphatic carboxylic acids is 1. The van der Waals surface area contributed by atoms with Crippen molar-refractivity contribution in [2.24, 2.45) is 0 Å². The van der Waals surface area contributed by atoms with Crippen LogP contribution in [0.25, 0.3) is 0 Å². The second kappa shape index (κ2) is 6.61. The van der Waals surface area contributed by atoms with Gasteiger partial charge in [0, 0.05) is 20.0 Å². The zero-order chi connectivity index (χ0) is 13.7. The summed E-state index contributed by atoms with van der Waals surface area (Å²) in [6, 6.07) is 4.84. The van der Waals surface area contributed by atoms with Crippen molar-refractivity contribution in [2.45, 2.75) is 12.8 Å². The fraction of sp³-hybridized carbons (Fsp3) is 0.333. The highest BCUT2D eigenvalue weighted by Gasteiger charge is 2.18. The first kappa shape index (κ1) is 14.8. The largest absolute Gasteiger partial charge is 0.481 e. The molecule has 0 aliphatic heterocycles. The minimum atomic E-state index is -0.883. The number of carbonyl (C=O) groups is 2. The number of carboxylic acids is 1. The molecule has 1 N–H and O–H groups in total. The van der Waals surface area contributed by atoms with Gasteiger partial charge in [-0.1, -0.05) is 29.3 Å². The number of hydrogen-bond donors (Lipinski definition) is 1. The predicted molar refractivity (Wildman–Crippen MR) is 70.3 cm³/mol. The van der Waals surface area contributed by atoms with Crippen molar-refractivity contribution in [3.63, 3.8) is 0 Å². The lowest BCUT2D eigenvalue weighted by molar-refractivity contribution is -0.137. The number of halogens is 2. The minimum absolute atomic E-state index is 0.0217. The van der Waals surface area contributed by atoms with Gasteiger partial charge in [0.05, 0.1) is 15.6 Å². The molecule has 4 nitrogen and oxygen atoms in total. The van der Waals surface area contributed by atoms with Crippen molar-refractivity contribution in [3.8, 4) is 0 Å². The molecule has 0 unspecified atom stereocenters. The van der Waals surface area contributed by atoms with Crippen molar-refractivity contribution in [1.29, 1.82) is 0 Å². The van der Waals surface area contributed by atoms with E-state index in [0.717, 1.165) is 0 Å². The quantitative estimate of drug-likeness (QED) is 0.907. The average Bonchev–Trinajstić information content (AvgIpc) is 2.27. The van der Waals surface area contributed by atoms with Gasteiger partial charge < -0.3 is 10.0 Å². The molecule has 6 heteroatoms. The van der Waals surface area contributed by atoms with Gasteiger partial charge in [0.1, 0.15) is 0 Å². The molecular formula is C12H13Cl2NO3. The number of nitrogens with zero attached hydrogens (tertiary/aromatic N) is 1. The normalized spacial score (nSPS) is 10.2.